The fraction of sp³-hybridized carbons (Fsp3) is 0.400. The number of hydrogen-bond donors (Lipinski definition) is 0. The van der Waals surface area contributed by atoms with Crippen molar-refractivity contribution in [2.24, 2.45) is 0 Å². The number of halogens is 1. The summed E-state index contributed by atoms with van der Waals surface area (Å²) < 4.78 is 15.7. The van der Waals surface area contributed by atoms with Crippen molar-refractivity contribution in [1.82, 2.24) is 14.3 Å². The highest BCUT2D eigenvalue weighted by Gasteiger charge is 2.18. The van der Waals surface area contributed by atoms with Crippen LogP contribution < -0.4 is 5.69 Å². The molecule has 3 rings (SSSR count). The highest BCUT2D eigenvalue weighted by Crippen LogP contribution is 2.09. The van der Waals surface area contributed by atoms with E-state index in [-0.39, 0.29) is 30.3 Å². The van der Waals surface area contributed by atoms with Gasteiger partial charge >= 0.3 is 5.69 Å². The van der Waals surface area contributed by atoms with E-state index in [1.54, 1.807) is 16.7 Å². The van der Waals surface area contributed by atoms with Crippen LogP contribution >= 0.6 is 0 Å². The van der Waals surface area contributed by atoms with E-state index < -0.39 is 0 Å². The van der Waals surface area contributed by atoms with Crippen LogP contribution in [0.1, 0.15) is 24.2 Å². The lowest BCUT2D eigenvalue weighted by Gasteiger charge is -2.09. The van der Waals surface area contributed by atoms with E-state index in [1.807, 2.05) is 0 Å². The smallest absolute Gasteiger partial charge is 0.297 e. The molecule has 0 radical (unpaired) electrons. The zero-order chi connectivity index (χ0) is 14.8. The fourth-order valence-corrected chi connectivity index (χ4v) is 2.60. The monoisotopic (exact) mass is 289 g/mol. The number of rotatable bonds is 4. The molecule has 21 heavy (non-hydrogen) atoms. The van der Waals surface area contributed by atoms with Crippen molar-refractivity contribution in [3.63, 3.8) is 0 Å². The molecule has 110 valence electrons. The Morgan fingerprint density at radius 3 is 2.71 bits per heavy atom. The molecule has 0 aliphatic carbocycles. The topological polar surface area (TPSA) is 56.9 Å². The van der Waals surface area contributed by atoms with Crippen LogP contribution in [0.4, 0.5) is 4.39 Å². The lowest BCUT2D eigenvalue weighted by molar-refractivity contribution is -0.119. The first-order valence-electron chi connectivity index (χ1n) is 7.06. The van der Waals surface area contributed by atoms with E-state index in [0.717, 1.165) is 30.7 Å². The molecule has 0 bridgehead atoms. The van der Waals surface area contributed by atoms with Crippen molar-refractivity contribution in [2.75, 3.05) is 0 Å². The predicted molar refractivity (Wildman–Crippen MR) is 74.5 cm³/mol. The number of Topliss-reactive ketones (excluding diaryl/α,β-unsaturated/α-hetero) is 1. The normalized spacial score (nSPS) is 14.0. The molecule has 0 N–H and O–H groups in total. The number of hydrogen-bond acceptors (Lipinski definition) is 3. The maximum atomic E-state index is 12.8. The summed E-state index contributed by atoms with van der Waals surface area (Å²) in [6.45, 7) is 0.649. The third-order valence-electron chi connectivity index (χ3n) is 3.67. The van der Waals surface area contributed by atoms with Crippen LogP contribution in [0, 0.1) is 5.82 Å². The zero-order valence-electron chi connectivity index (χ0n) is 11.6. The average Bonchev–Trinajstić information content (AvgIpc) is 2.78. The van der Waals surface area contributed by atoms with Crippen molar-refractivity contribution in [3.8, 4) is 0 Å². The Balaban J connectivity index is 1.71. The zero-order valence-corrected chi connectivity index (χ0v) is 11.6. The number of carbonyl (C=O) groups excluding carboxylic acids is 1. The number of nitrogens with zero attached hydrogens (tertiary/aromatic N) is 3. The molecule has 1 aromatic carbocycles. The minimum atomic E-state index is -0.329. The third-order valence-corrected chi connectivity index (χ3v) is 3.67. The predicted octanol–water partition coefficient (Wildman–Crippen LogP) is 1.33. The van der Waals surface area contributed by atoms with Crippen LogP contribution in [-0.4, -0.2) is 20.1 Å². The average molecular weight is 289 g/mol. The summed E-state index contributed by atoms with van der Waals surface area (Å²) in [7, 11) is 0. The van der Waals surface area contributed by atoms with Crippen LogP contribution in [0.3, 0.4) is 0 Å². The van der Waals surface area contributed by atoms with Crippen LogP contribution in [0.2, 0.25) is 0 Å². The summed E-state index contributed by atoms with van der Waals surface area (Å²) in [6.07, 6.45) is 2.96. The maximum absolute atomic E-state index is 12.8. The summed E-state index contributed by atoms with van der Waals surface area (Å²) in [4.78, 5) is 24.1. The SMILES string of the molecule is O=C(Cc1ccc(F)cc1)Cn1nc2n(c1=O)CCCC2. The van der Waals surface area contributed by atoms with Crippen LogP contribution in [-0.2, 0) is 30.7 Å². The second kappa shape index (κ2) is 5.63. The molecule has 0 atom stereocenters. The van der Waals surface area contributed by atoms with E-state index in [4.69, 9.17) is 0 Å². The summed E-state index contributed by atoms with van der Waals surface area (Å²) in [6, 6.07) is 5.80. The van der Waals surface area contributed by atoms with Gasteiger partial charge < -0.3 is 0 Å². The van der Waals surface area contributed by atoms with E-state index in [1.165, 1.54) is 16.8 Å². The molecule has 2 heterocycles. The molecule has 1 aromatic heterocycles. The van der Waals surface area contributed by atoms with Gasteiger partial charge in [-0.25, -0.2) is 13.9 Å². The molecule has 6 heteroatoms. The molecule has 2 aromatic rings. The standard InChI is InChI=1S/C15H16FN3O2/c16-12-6-4-11(5-7-12)9-13(20)10-19-15(21)18-8-2-1-3-14(18)17-19/h4-7H,1-3,8-10H2. The van der Waals surface area contributed by atoms with Gasteiger partial charge in [0.25, 0.3) is 0 Å². The number of aromatic nitrogens is 3. The van der Waals surface area contributed by atoms with Gasteiger partial charge in [-0.15, -0.1) is 0 Å². The molecule has 5 nitrogen and oxygen atoms in total. The summed E-state index contributed by atoms with van der Waals surface area (Å²) >= 11 is 0. The molecule has 0 saturated heterocycles. The minimum Gasteiger partial charge on any atom is -0.297 e. The molecule has 1 aliphatic rings. The molecular weight excluding hydrogens is 273 g/mol. The Bertz CT molecular complexity index is 716. The fourth-order valence-electron chi connectivity index (χ4n) is 2.60. The van der Waals surface area contributed by atoms with Crippen LogP contribution in [0.25, 0.3) is 0 Å². The molecule has 0 spiro atoms. The van der Waals surface area contributed by atoms with Gasteiger partial charge in [-0.2, -0.15) is 5.10 Å². The number of fused-ring (bicyclic) bond motifs is 1. The maximum Gasteiger partial charge on any atom is 0.346 e. The summed E-state index contributed by atoms with van der Waals surface area (Å²) in [5, 5.41) is 4.23. The lowest BCUT2D eigenvalue weighted by Crippen LogP contribution is -2.29. The van der Waals surface area contributed by atoms with Crippen molar-refractivity contribution < 1.29 is 9.18 Å². The van der Waals surface area contributed by atoms with Gasteiger partial charge in [-0.05, 0) is 30.5 Å². The van der Waals surface area contributed by atoms with Crippen LogP contribution in [0.5, 0.6) is 0 Å². The Hall–Kier alpha value is -2.24. The Morgan fingerprint density at radius 2 is 2.00 bits per heavy atom. The summed E-state index contributed by atoms with van der Waals surface area (Å²) in [5.41, 5.74) is 0.524. The first-order valence-corrected chi connectivity index (χ1v) is 7.06. The summed E-state index contributed by atoms with van der Waals surface area (Å²) in [5.74, 6) is 0.323. The van der Waals surface area contributed by atoms with E-state index in [2.05, 4.69) is 5.10 Å². The molecule has 0 saturated carbocycles. The van der Waals surface area contributed by atoms with Crippen molar-refractivity contribution in [3.05, 3.63) is 52.0 Å². The van der Waals surface area contributed by atoms with Gasteiger partial charge in [0, 0.05) is 19.4 Å². The first kappa shape index (κ1) is 13.7. The largest absolute Gasteiger partial charge is 0.346 e. The third kappa shape index (κ3) is 2.94. The second-order valence-corrected chi connectivity index (χ2v) is 5.31. The number of aryl methyl sites for hydroxylation is 1. The van der Waals surface area contributed by atoms with Gasteiger partial charge in [-0.3, -0.25) is 9.36 Å². The Morgan fingerprint density at radius 1 is 1.24 bits per heavy atom. The first-order chi connectivity index (χ1) is 10.1. The van der Waals surface area contributed by atoms with Gasteiger partial charge in [0.05, 0.1) is 0 Å². The van der Waals surface area contributed by atoms with Crippen LogP contribution in [0.15, 0.2) is 29.1 Å². The van der Waals surface area contributed by atoms with Crippen molar-refractivity contribution >= 4 is 5.78 Å². The molecular formula is C15H16FN3O2. The number of benzene rings is 1. The molecule has 0 unspecified atom stereocenters. The molecule has 0 fully saturated rings. The Labute approximate surface area is 121 Å². The van der Waals surface area contributed by atoms with Gasteiger partial charge in [-0.1, -0.05) is 12.1 Å². The quantitative estimate of drug-likeness (QED) is 0.853. The number of ketones is 1. The second-order valence-electron chi connectivity index (χ2n) is 5.31. The van der Waals surface area contributed by atoms with Crippen molar-refractivity contribution in [2.45, 2.75) is 38.8 Å². The van der Waals surface area contributed by atoms with E-state index >= 15 is 0 Å². The highest BCUT2D eigenvalue weighted by atomic mass is 19.1. The van der Waals surface area contributed by atoms with Crippen molar-refractivity contribution in [1.29, 1.82) is 0 Å². The van der Waals surface area contributed by atoms with E-state index in [9.17, 15) is 14.0 Å². The van der Waals surface area contributed by atoms with Gasteiger partial charge in [0.15, 0.2) is 5.78 Å². The minimum absolute atomic E-state index is 0.0315. The molecule has 0 amide bonds. The highest BCUT2D eigenvalue weighted by molar-refractivity contribution is 5.80. The van der Waals surface area contributed by atoms with Gasteiger partial charge in [0.1, 0.15) is 18.2 Å². The lowest BCUT2D eigenvalue weighted by atomic mass is 10.1. The number of carbonyl (C=O) groups is 1. The van der Waals surface area contributed by atoms with Gasteiger partial charge in [0.2, 0.25) is 0 Å². The molecule has 1 aliphatic heterocycles. The Kier molecular flexibility index (Phi) is 3.68. The van der Waals surface area contributed by atoms with E-state index in [0.29, 0.717) is 6.54 Å².